The lowest BCUT2D eigenvalue weighted by molar-refractivity contribution is -0.116. The van der Waals surface area contributed by atoms with Crippen molar-refractivity contribution < 1.29 is 14.3 Å². The highest BCUT2D eigenvalue weighted by Gasteiger charge is 2.11. The Morgan fingerprint density at radius 3 is 2.78 bits per heavy atom. The Hall–Kier alpha value is -2.65. The van der Waals surface area contributed by atoms with Gasteiger partial charge >= 0.3 is 0 Å². The van der Waals surface area contributed by atoms with Crippen molar-refractivity contribution in [2.45, 2.75) is 12.8 Å². The molecular formula is C18H17BrN4O3S. The standard InChI is InChI=1S/C18H17BrN4O3S/c19-12-3-5-13(6-4-12)26-7-1-2-16(24)23-18-22-15(10-27-18)11-8-14(17(20)25)21-9-11/h3-6,8-10,21H,1-2,7H2,(H2,20,25)(H,22,23,24). The third-order valence-corrected chi connectivity index (χ3v) is 4.91. The number of hydrogen-bond acceptors (Lipinski definition) is 5. The van der Waals surface area contributed by atoms with Gasteiger partial charge in [-0.05, 0) is 36.8 Å². The van der Waals surface area contributed by atoms with Crippen LogP contribution in [0.2, 0.25) is 0 Å². The molecule has 27 heavy (non-hydrogen) atoms. The summed E-state index contributed by atoms with van der Waals surface area (Å²) in [6.07, 6.45) is 2.58. The van der Waals surface area contributed by atoms with Gasteiger partial charge in [0.15, 0.2) is 5.13 Å². The molecule has 7 nitrogen and oxygen atoms in total. The minimum atomic E-state index is -0.532. The van der Waals surface area contributed by atoms with Crippen molar-refractivity contribution >= 4 is 44.2 Å². The number of hydrogen-bond donors (Lipinski definition) is 3. The molecule has 4 N–H and O–H groups in total. The molecule has 0 saturated carbocycles. The molecule has 0 bridgehead atoms. The number of nitrogens with zero attached hydrogens (tertiary/aromatic N) is 1. The predicted molar refractivity (Wildman–Crippen MR) is 108 cm³/mol. The number of amides is 2. The molecule has 140 valence electrons. The molecule has 0 aliphatic rings. The molecule has 2 aromatic heterocycles. The van der Waals surface area contributed by atoms with E-state index in [-0.39, 0.29) is 5.91 Å². The smallest absolute Gasteiger partial charge is 0.265 e. The van der Waals surface area contributed by atoms with Crippen LogP contribution < -0.4 is 15.8 Å². The van der Waals surface area contributed by atoms with E-state index in [1.165, 1.54) is 11.3 Å². The van der Waals surface area contributed by atoms with Crippen LogP contribution in [-0.2, 0) is 4.79 Å². The number of halogens is 1. The molecule has 0 radical (unpaired) electrons. The summed E-state index contributed by atoms with van der Waals surface area (Å²) >= 11 is 4.69. The van der Waals surface area contributed by atoms with Gasteiger partial charge in [-0.3, -0.25) is 9.59 Å². The number of carbonyl (C=O) groups excluding carboxylic acids is 2. The number of aromatic nitrogens is 2. The first-order chi connectivity index (χ1) is 13.0. The highest BCUT2D eigenvalue weighted by molar-refractivity contribution is 9.10. The van der Waals surface area contributed by atoms with Gasteiger partial charge in [-0.1, -0.05) is 15.9 Å². The maximum absolute atomic E-state index is 12.0. The van der Waals surface area contributed by atoms with E-state index >= 15 is 0 Å². The van der Waals surface area contributed by atoms with Gasteiger partial charge in [-0.2, -0.15) is 0 Å². The maximum Gasteiger partial charge on any atom is 0.265 e. The Morgan fingerprint density at radius 1 is 1.30 bits per heavy atom. The van der Waals surface area contributed by atoms with Gasteiger partial charge in [0.1, 0.15) is 11.4 Å². The first kappa shape index (κ1) is 19.1. The number of ether oxygens (including phenoxy) is 1. The van der Waals surface area contributed by atoms with Crippen molar-refractivity contribution in [3.63, 3.8) is 0 Å². The van der Waals surface area contributed by atoms with Gasteiger partial charge in [0.25, 0.3) is 5.91 Å². The van der Waals surface area contributed by atoms with Crippen molar-refractivity contribution in [3.8, 4) is 17.0 Å². The molecule has 3 aromatic rings. The van der Waals surface area contributed by atoms with Crippen molar-refractivity contribution in [2.24, 2.45) is 5.73 Å². The molecule has 0 atom stereocenters. The summed E-state index contributed by atoms with van der Waals surface area (Å²) in [6, 6.07) is 9.16. The lowest BCUT2D eigenvalue weighted by Crippen LogP contribution is -2.12. The first-order valence-corrected chi connectivity index (χ1v) is 9.81. The number of nitrogens with one attached hydrogen (secondary N) is 2. The molecule has 9 heteroatoms. The van der Waals surface area contributed by atoms with Crippen molar-refractivity contribution in [3.05, 3.63) is 52.1 Å². The van der Waals surface area contributed by atoms with Gasteiger partial charge < -0.3 is 20.8 Å². The van der Waals surface area contributed by atoms with Crippen LogP contribution in [-0.4, -0.2) is 28.4 Å². The maximum atomic E-state index is 12.0. The molecule has 2 amide bonds. The number of primary amides is 1. The molecule has 0 aliphatic heterocycles. The fraction of sp³-hybridized carbons (Fsp3) is 0.167. The Bertz CT molecular complexity index is 936. The van der Waals surface area contributed by atoms with Crippen LogP contribution in [0.4, 0.5) is 5.13 Å². The zero-order valence-electron chi connectivity index (χ0n) is 14.2. The van der Waals surface area contributed by atoms with E-state index in [0.717, 1.165) is 15.8 Å². The molecule has 0 saturated heterocycles. The molecule has 0 spiro atoms. The molecule has 1 aromatic carbocycles. The van der Waals surface area contributed by atoms with E-state index in [1.54, 1.807) is 17.6 Å². The van der Waals surface area contributed by atoms with Gasteiger partial charge in [-0.15, -0.1) is 11.3 Å². The number of carbonyl (C=O) groups is 2. The Morgan fingerprint density at radius 2 is 2.07 bits per heavy atom. The van der Waals surface area contributed by atoms with E-state index in [0.29, 0.717) is 36.0 Å². The van der Waals surface area contributed by atoms with Crippen LogP contribution in [0, 0.1) is 0 Å². The Labute approximate surface area is 168 Å². The SMILES string of the molecule is NC(=O)c1cc(-c2csc(NC(=O)CCCOc3ccc(Br)cc3)n2)c[nH]1. The second kappa shape index (κ2) is 8.83. The monoisotopic (exact) mass is 448 g/mol. The summed E-state index contributed by atoms with van der Waals surface area (Å²) in [4.78, 5) is 30.3. The number of H-pyrrole nitrogens is 1. The van der Waals surface area contributed by atoms with Crippen LogP contribution in [0.3, 0.4) is 0 Å². The van der Waals surface area contributed by atoms with Gasteiger partial charge in [-0.25, -0.2) is 4.98 Å². The fourth-order valence-electron chi connectivity index (χ4n) is 2.28. The predicted octanol–water partition coefficient (Wildman–Crippen LogP) is 3.80. The quantitative estimate of drug-likeness (QED) is 0.455. The molecule has 0 aliphatic carbocycles. The largest absolute Gasteiger partial charge is 0.494 e. The normalized spacial score (nSPS) is 10.6. The minimum absolute atomic E-state index is 0.123. The summed E-state index contributed by atoms with van der Waals surface area (Å²) in [5, 5.41) is 5.08. The number of benzene rings is 1. The topological polar surface area (TPSA) is 110 Å². The zero-order chi connectivity index (χ0) is 19.2. The molecular weight excluding hydrogens is 432 g/mol. The Kier molecular flexibility index (Phi) is 6.25. The number of nitrogens with two attached hydrogens (primary N) is 1. The van der Waals surface area contributed by atoms with Gasteiger partial charge in [0.05, 0.1) is 12.3 Å². The van der Waals surface area contributed by atoms with E-state index in [4.69, 9.17) is 10.5 Å². The van der Waals surface area contributed by atoms with Crippen molar-refractivity contribution in [1.82, 2.24) is 9.97 Å². The van der Waals surface area contributed by atoms with Crippen LogP contribution in [0.5, 0.6) is 5.75 Å². The summed E-state index contributed by atoms with van der Waals surface area (Å²) in [5.41, 5.74) is 6.94. The van der Waals surface area contributed by atoms with Gasteiger partial charge in [0, 0.05) is 28.0 Å². The average molecular weight is 449 g/mol. The number of anilines is 1. The molecule has 2 heterocycles. The van der Waals surface area contributed by atoms with E-state index in [2.05, 4.69) is 31.2 Å². The first-order valence-electron chi connectivity index (χ1n) is 8.13. The van der Waals surface area contributed by atoms with Crippen LogP contribution in [0.1, 0.15) is 23.3 Å². The van der Waals surface area contributed by atoms with Crippen LogP contribution in [0.25, 0.3) is 11.3 Å². The highest BCUT2D eigenvalue weighted by atomic mass is 79.9. The van der Waals surface area contributed by atoms with Crippen molar-refractivity contribution in [1.29, 1.82) is 0 Å². The second-order valence-corrected chi connectivity index (χ2v) is 7.43. The lowest BCUT2D eigenvalue weighted by Gasteiger charge is -2.06. The Balaban J connectivity index is 1.44. The molecule has 3 rings (SSSR count). The summed E-state index contributed by atoms with van der Waals surface area (Å²) in [6.45, 7) is 0.456. The highest BCUT2D eigenvalue weighted by Crippen LogP contribution is 2.25. The van der Waals surface area contributed by atoms with E-state index in [1.807, 2.05) is 24.3 Å². The molecule has 0 fully saturated rings. The summed E-state index contributed by atoms with van der Waals surface area (Å²) in [7, 11) is 0. The third-order valence-electron chi connectivity index (χ3n) is 3.63. The summed E-state index contributed by atoms with van der Waals surface area (Å²) < 4.78 is 6.58. The van der Waals surface area contributed by atoms with E-state index < -0.39 is 5.91 Å². The number of thiazole rings is 1. The van der Waals surface area contributed by atoms with Gasteiger partial charge in [0.2, 0.25) is 5.91 Å². The average Bonchev–Trinajstić information content (AvgIpc) is 3.29. The second-order valence-electron chi connectivity index (χ2n) is 5.66. The zero-order valence-corrected chi connectivity index (χ0v) is 16.6. The number of rotatable bonds is 8. The summed E-state index contributed by atoms with van der Waals surface area (Å²) in [5.74, 6) is 0.113. The fourth-order valence-corrected chi connectivity index (χ4v) is 3.28. The van der Waals surface area contributed by atoms with Crippen LogP contribution in [0.15, 0.2) is 46.4 Å². The van der Waals surface area contributed by atoms with Crippen molar-refractivity contribution in [2.75, 3.05) is 11.9 Å². The minimum Gasteiger partial charge on any atom is -0.494 e. The van der Waals surface area contributed by atoms with Crippen LogP contribution >= 0.6 is 27.3 Å². The lowest BCUT2D eigenvalue weighted by atomic mass is 10.2. The number of aromatic amines is 1. The van der Waals surface area contributed by atoms with E-state index in [9.17, 15) is 9.59 Å². The third kappa shape index (κ3) is 5.41. The molecule has 0 unspecified atom stereocenters.